The second kappa shape index (κ2) is 8.80. The fourth-order valence-electron chi connectivity index (χ4n) is 2.87. The van der Waals surface area contributed by atoms with Crippen LogP contribution >= 0.6 is 11.3 Å². The van der Waals surface area contributed by atoms with Gasteiger partial charge in [0.15, 0.2) is 5.13 Å². The van der Waals surface area contributed by atoms with Gasteiger partial charge in [-0.2, -0.15) is 0 Å². The van der Waals surface area contributed by atoms with Crippen molar-refractivity contribution in [3.63, 3.8) is 0 Å². The number of nitrogens with one attached hydrogen (secondary N) is 1. The molecular weight excluding hydrogens is 374 g/mol. The number of pyridine rings is 2. The SMILES string of the molecule is OCC#Cc1cncc(-c2cnc(Nc3cc(N4CCOCC4)ccn3)s2)c1. The molecule has 0 bridgehead atoms. The number of rotatable bonds is 4. The largest absolute Gasteiger partial charge is 0.384 e. The number of aromatic nitrogens is 3. The summed E-state index contributed by atoms with van der Waals surface area (Å²) in [5.74, 6) is 6.26. The summed E-state index contributed by atoms with van der Waals surface area (Å²) in [4.78, 5) is 16.3. The first-order chi connectivity index (χ1) is 13.8. The van der Waals surface area contributed by atoms with Crippen LogP contribution in [0.25, 0.3) is 10.4 Å². The van der Waals surface area contributed by atoms with Crippen molar-refractivity contribution in [3.05, 3.63) is 48.5 Å². The van der Waals surface area contributed by atoms with Gasteiger partial charge in [0, 0.05) is 60.8 Å². The first kappa shape index (κ1) is 18.4. The molecule has 1 saturated heterocycles. The van der Waals surface area contributed by atoms with Crippen molar-refractivity contribution in [1.82, 2.24) is 15.0 Å². The van der Waals surface area contributed by atoms with Crippen molar-refractivity contribution >= 4 is 28.0 Å². The third-order valence-electron chi connectivity index (χ3n) is 4.19. The van der Waals surface area contributed by atoms with Crippen molar-refractivity contribution in [2.45, 2.75) is 0 Å². The summed E-state index contributed by atoms with van der Waals surface area (Å²) in [6.07, 6.45) is 7.06. The molecule has 0 aliphatic carbocycles. The van der Waals surface area contributed by atoms with Crippen LogP contribution in [0.5, 0.6) is 0 Å². The Kier molecular flexibility index (Phi) is 5.77. The molecular formula is C20H19N5O2S. The van der Waals surface area contributed by atoms with E-state index in [1.54, 1.807) is 24.8 Å². The maximum atomic E-state index is 8.83. The second-order valence-electron chi connectivity index (χ2n) is 6.08. The summed E-state index contributed by atoms with van der Waals surface area (Å²) in [6.45, 7) is 3.09. The molecule has 8 heteroatoms. The molecule has 1 aliphatic rings. The van der Waals surface area contributed by atoms with Gasteiger partial charge in [-0.15, -0.1) is 0 Å². The van der Waals surface area contributed by atoms with E-state index in [2.05, 4.69) is 37.0 Å². The Morgan fingerprint density at radius 1 is 1.18 bits per heavy atom. The highest BCUT2D eigenvalue weighted by atomic mass is 32.1. The molecule has 4 rings (SSSR count). The molecule has 1 aliphatic heterocycles. The average Bonchev–Trinajstić information content (AvgIpc) is 3.22. The Morgan fingerprint density at radius 3 is 2.93 bits per heavy atom. The van der Waals surface area contributed by atoms with Gasteiger partial charge in [0.2, 0.25) is 0 Å². The molecule has 2 N–H and O–H groups in total. The summed E-state index contributed by atoms with van der Waals surface area (Å²) in [7, 11) is 0. The lowest BCUT2D eigenvalue weighted by Gasteiger charge is -2.28. The lowest BCUT2D eigenvalue weighted by Crippen LogP contribution is -2.36. The predicted molar refractivity (Wildman–Crippen MR) is 110 cm³/mol. The first-order valence-electron chi connectivity index (χ1n) is 8.88. The Bertz CT molecular complexity index is 1000. The van der Waals surface area contributed by atoms with Crippen molar-refractivity contribution in [1.29, 1.82) is 0 Å². The summed E-state index contributed by atoms with van der Waals surface area (Å²) >= 11 is 1.52. The van der Waals surface area contributed by atoms with E-state index < -0.39 is 0 Å². The quantitative estimate of drug-likeness (QED) is 0.659. The average molecular weight is 393 g/mol. The maximum absolute atomic E-state index is 8.83. The Hall–Kier alpha value is -2.99. The van der Waals surface area contributed by atoms with Gasteiger partial charge in [0.1, 0.15) is 12.4 Å². The minimum absolute atomic E-state index is 0.171. The van der Waals surface area contributed by atoms with Gasteiger partial charge in [-0.05, 0) is 12.1 Å². The topological polar surface area (TPSA) is 83.4 Å². The van der Waals surface area contributed by atoms with Crippen LogP contribution in [0, 0.1) is 11.8 Å². The number of nitrogens with zero attached hydrogens (tertiary/aromatic N) is 4. The fraction of sp³-hybridized carbons (Fsp3) is 0.250. The molecule has 28 heavy (non-hydrogen) atoms. The molecule has 0 atom stereocenters. The zero-order valence-corrected chi connectivity index (χ0v) is 15.9. The van der Waals surface area contributed by atoms with Crippen LogP contribution in [0.3, 0.4) is 0 Å². The predicted octanol–water partition coefficient (Wildman–Crippen LogP) is 2.52. The van der Waals surface area contributed by atoms with Crippen LogP contribution in [0.1, 0.15) is 5.56 Å². The van der Waals surface area contributed by atoms with Crippen LogP contribution in [0.2, 0.25) is 0 Å². The number of hydrogen-bond donors (Lipinski definition) is 2. The van der Waals surface area contributed by atoms with E-state index in [0.717, 1.165) is 58.9 Å². The molecule has 3 aromatic heterocycles. The van der Waals surface area contributed by atoms with Gasteiger partial charge < -0.3 is 20.1 Å². The van der Waals surface area contributed by atoms with E-state index in [4.69, 9.17) is 9.84 Å². The number of aliphatic hydroxyl groups is 1. The van der Waals surface area contributed by atoms with Crippen molar-refractivity contribution in [2.24, 2.45) is 0 Å². The fourth-order valence-corrected chi connectivity index (χ4v) is 3.67. The van der Waals surface area contributed by atoms with Gasteiger partial charge in [0.25, 0.3) is 0 Å². The maximum Gasteiger partial charge on any atom is 0.188 e. The summed E-state index contributed by atoms with van der Waals surface area (Å²) < 4.78 is 5.41. The number of ether oxygens (including phenoxy) is 1. The molecule has 3 aromatic rings. The molecule has 1 fully saturated rings. The van der Waals surface area contributed by atoms with E-state index in [0.29, 0.717) is 0 Å². The highest BCUT2D eigenvalue weighted by Crippen LogP contribution is 2.31. The standard InChI is InChI=1S/C20H19N5O2S/c26-7-1-2-15-10-16(13-21-12-15)18-14-23-20(28-18)24-19-11-17(3-4-22-19)25-5-8-27-9-6-25/h3-4,10-14,26H,5-9H2,(H,22,23,24). The Labute approximate surface area is 167 Å². The van der Waals surface area contributed by atoms with Gasteiger partial charge >= 0.3 is 0 Å². The van der Waals surface area contributed by atoms with Crippen LogP contribution in [-0.4, -0.2) is 53.0 Å². The number of thiazole rings is 1. The number of morpholine rings is 1. The minimum atomic E-state index is -0.171. The van der Waals surface area contributed by atoms with Gasteiger partial charge in [-0.1, -0.05) is 23.2 Å². The van der Waals surface area contributed by atoms with E-state index in [9.17, 15) is 0 Å². The molecule has 0 radical (unpaired) electrons. The first-order valence-corrected chi connectivity index (χ1v) is 9.70. The van der Waals surface area contributed by atoms with Gasteiger partial charge in [-0.25, -0.2) is 9.97 Å². The third-order valence-corrected chi connectivity index (χ3v) is 5.16. The highest BCUT2D eigenvalue weighted by molar-refractivity contribution is 7.18. The van der Waals surface area contributed by atoms with Crippen LogP contribution < -0.4 is 10.2 Å². The number of aliphatic hydroxyl groups excluding tert-OH is 1. The molecule has 0 unspecified atom stereocenters. The van der Waals surface area contributed by atoms with Crippen LogP contribution in [0.4, 0.5) is 16.6 Å². The van der Waals surface area contributed by atoms with E-state index in [1.165, 1.54) is 11.3 Å². The Morgan fingerprint density at radius 2 is 2.07 bits per heavy atom. The molecule has 4 heterocycles. The molecule has 0 spiro atoms. The molecule has 0 saturated carbocycles. The van der Waals surface area contributed by atoms with Crippen LogP contribution in [0.15, 0.2) is 43.0 Å². The lowest BCUT2D eigenvalue weighted by atomic mass is 10.2. The van der Waals surface area contributed by atoms with Crippen molar-refractivity contribution in [3.8, 4) is 22.3 Å². The lowest BCUT2D eigenvalue weighted by molar-refractivity contribution is 0.122. The normalized spacial score (nSPS) is 13.7. The van der Waals surface area contributed by atoms with E-state index in [1.807, 2.05) is 18.2 Å². The summed E-state index contributed by atoms with van der Waals surface area (Å²) in [5.41, 5.74) is 2.82. The smallest absolute Gasteiger partial charge is 0.188 e. The van der Waals surface area contributed by atoms with E-state index >= 15 is 0 Å². The zero-order chi connectivity index (χ0) is 19.2. The summed E-state index contributed by atoms with van der Waals surface area (Å²) in [6, 6.07) is 5.97. The summed E-state index contributed by atoms with van der Waals surface area (Å²) in [5, 5.41) is 12.9. The molecule has 0 amide bonds. The Balaban J connectivity index is 1.49. The third kappa shape index (κ3) is 4.46. The van der Waals surface area contributed by atoms with Gasteiger partial charge in [-0.3, -0.25) is 4.98 Å². The number of anilines is 3. The number of hydrogen-bond acceptors (Lipinski definition) is 8. The highest BCUT2D eigenvalue weighted by Gasteiger charge is 2.12. The minimum Gasteiger partial charge on any atom is -0.384 e. The molecule has 7 nitrogen and oxygen atoms in total. The molecule has 0 aromatic carbocycles. The van der Waals surface area contributed by atoms with Crippen LogP contribution in [-0.2, 0) is 4.74 Å². The zero-order valence-electron chi connectivity index (χ0n) is 15.1. The van der Waals surface area contributed by atoms with E-state index in [-0.39, 0.29) is 6.61 Å². The van der Waals surface area contributed by atoms with Gasteiger partial charge in [0.05, 0.1) is 18.1 Å². The molecule has 142 valence electrons. The monoisotopic (exact) mass is 393 g/mol. The second-order valence-corrected chi connectivity index (χ2v) is 7.11. The van der Waals surface area contributed by atoms with Crippen molar-refractivity contribution in [2.75, 3.05) is 43.1 Å². The van der Waals surface area contributed by atoms with Crippen molar-refractivity contribution < 1.29 is 9.84 Å².